The Balaban J connectivity index is 2.44. The highest BCUT2D eigenvalue weighted by molar-refractivity contribution is 7.99. The van der Waals surface area contributed by atoms with Crippen molar-refractivity contribution < 1.29 is 9.90 Å². The van der Waals surface area contributed by atoms with Gasteiger partial charge in [0.25, 0.3) is 0 Å². The van der Waals surface area contributed by atoms with Crippen molar-refractivity contribution in [3.05, 3.63) is 35.5 Å². The maximum absolute atomic E-state index is 11.2. The Bertz CT molecular complexity index is 703. The van der Waals surface area contributed by atoms with Gasteiger partial charge in [-0.25, -0.2) is 4.79 Å². The Labute approximate surface area is 127 Å². The van der Waals surface area contributed by atoms with E-state index in [-0.39, 0.29) is 5.56 Å². The maximum Gasteiger partial charge on any atom is 0.339 e. The predicted molar refractivity (Wildman–Crippen MR) is 81.3 cm³/mol. The SMILES string of the molecule is CCC(C)Sc1ccc(-c2n[nH]cc2C(=O)O)c(C#N)c1. The van der Waals surface area contributed by atoms with Crippen LogP contribution >= 0.6 is 11.8 Å². The van der Waals surface area contributed by atoms with E-state index in [9.17, 15) is 10.1 Å². The molecule has 0 radical (unpaired) electrons. The van der Waals surface area contributed by atoms with E-state index >= 15 is 0 Å². The molecule has 6 heteroatoms. The van der Waals surface area contributed by atoms with E-state index in [0.29, 0.717) is 22.1 Å². The fourth-order valence-electron chi connectivity index (χ4n) is 1.87. The molecule has 0 bridgehead atoms. The number of hydrogen-bond donors (Lipinski definition) is 2. The van der Waals surface area contributed by atoms with Crippen LogP contribution in [-0.4, -0.2) is 26.5 Å². The molecule has 2 aromatic rings. The summed E-state index contributed by atoms with van der Waals surface area (Å²) in [4.78, 5) is 12.2. The zero-order chi connectivity index (χ0) is 15.4. The number of thioether (sulfide) groups is 1. The lowest BCUT2D eigenvalue weighted by Crippen LogP contribution is -1.98. The second-order valence-electron chi connectivity index (χ2n) is 4.61. The van der Waals surface area contributed by atoms with Gasteiger partial charge in [0.15, 0.2) is 0 Å². The molecular formula is C15H15N3O2S. The van der Waals surface area contributed by atoms with E-state index in [4.69, 9.17) is 5.11 Å². The van der Waals surface area contributed by atoms with Crippen LogP contribution in [0, 0.1) is 11.3 Å². The number of hydrogen-bond acceptors (Lipinski definition) is 4. The summed E-state index contributed by atoms with van der Waals surface area (Å²) in [7, 11) is 0. The van der Waals surface area contributed by atoms with Gasteiger partial charge in [-0.15, -0.1) is 11.8 Å². The summed E-state index contributed by atoms with van der Waals surface area (Å²) in [6.07, 6.45) is 2.36. The summed E-state index contributed by atoms with van der Waals surface area (Å²) >= 11 is 1.69. The molecule has 108 valence electrons. The summed E-state index contributed by atoms with van der Waals surface area (Å²) in [5, 5.41) is 25.4. The Hall–Kier alpha value is -2.26. The van der Waals surface area contributed by atoms with E-state index in [2.05, 4.69) is 30.1 Å². The largest absolute Gasteiger partial charge is 0.478 e. The lowest BCUT2D eigenvalue weighted by atomic mass is 10.0. The normalized spacial score (nSPS) is 11.9. The van der Waals surface area contributed by atoms with Crippen LogP contribution in [0.4, 0.5) is 0 Å². The number of aromatic carboxylic acids is 1. The Morgan fingerprint density at radius 1 is 1.57 bits per heavy atom. The van der Waals surface area contributed by atoms with Crippen LogP contribution in [-0.2, 0) is 0 Å². The van der Waals surface area contributed by atoms with Gasteiger partial charge < -0.3 is 5.11 Å². The van der Waals surface area contributed by atoms with Crippen LogP contribution in [0.2, 0.25) is 0 Å². The van der Waals surface area contributed by atoms with Crippen LogP contribution in [0.3, 0.4) is 0 Å². The number of carbonyl (C=O) groups is 1. The van der Waals surface area contributed by atoms with E-state index in [0.717, 1.165) is 11.3 Å². The van der Waals surface area contributed by atoms with Crippen LogP contribution in [0.5, 0.6) is 0 Å². The third-order valence-electron chi connectivity index (χ3n) is 3.15. The number of benzene rings is 1. The first-order chi connectivity index (χ1) is 10.1. The Morgan fingerprint density at radius 3 is 2.95 bits per heavy atom. The number of nitrogens with one attached hydrogen (secondary N) is 1. The van der Waals surface area contributed by atoms with Crippen LogP contribution in [0.25, 0.3) is 11.3 Å². The summed E-state index contributed by atoms with van der Waals surface area (Å²) in [5.41, 5.74) is 1.32. The molecular weight excluding hydrogens is 286 g/mol. The summed E-state index contributed by atoms with van der Waals surface area (Å²) < 4.78 is 0. The third kappa shape index (κ3) is 3.26. The smallest absolute Gasteiger partial charge is 0.339 e. The molecule has 1 aromatic heterocycles. The second kappa shape index (κ2) is 6.46. The van der Waals surface area contributed by atoms with Crippen LogP contribution in [0.1, 0.15) is 36.2 Å². The fourth-order valence-corrected chi connectivity index (χ4v) is 2.83. The summed E-state index contributed by atoms with van der Waals surface area (Å²) in [6.45, 7) is 4.24. The first kappa shape index (κ1) is 15.1. The van der Waals surface area contributed by atoms with Gasteiger partial charge in [0.05, 0.1) is 11.6 Å². The van der Waals surface area contributed by atoms with Crippen LogP contribution in [0.15, 0.2) is 29.3 Å². The molecule has 2 N–H and O–H groups in total. The minimum Gasteiger partial charge on any atom is -0.478 e. The van der Waals surface area contributed by atoms with Crippen molar-refractivity contribution in [1.82, 2.24) is 10.2 Å². The minimum absolute atomic E-state index is 0.0637. The van der Waals surface area contributed by atoms with Crippen molar-refractivity contribution in [3.8, 4) is 17.3 Å². The second-order valence-corrected chi connectivity index (χ2v) is 6.12. The quantitative estimate of drug-likeness (QED) is 0.824. The Morgan fingerprint density at radius 2 is 2.33 bits per heavy atom. The van der Waals surface area contributed by atoms with Gasteiger partial charge in [-0.05, 0) is 18.6 Å². The monoisotopic (exact) mass is 301 g/mol. The highest BCUT2D eigenvalue weighted by Gasteiger charge is 2.18. The molecule has 1 unspecified atom stereocenters. The zero-order valence-electron chi connectivity index (χ0n) is 11.8. The van der Waals surface area contributed by atoms with Crippen molar-refractivity contribution >= 4 is 17.7 Å². The molecule has 0 amide bonds. The van der Waals surface area contributed by atoms with Crippen molar-refractivity contribution in [2.45, 2.75) is 30.4 Å². The van der Waals surface area contributed by atoms with Gasteiger partial charge in [-0.3, -0.25) is 5.10 Å². The van der Waals surface area contributed by atoms with Crippen LogP contribution < -0.4 is 0 Å². The van der Waals surface area contributed by atoms with Crippen molar-refractivity contribution in [3.63, 3.8) is 0 Å². The first-order valence-electron chi connectivity index (χ1n) is 6.55. The predicted octanol–water partition coefficient (Wildman–Crippen LogP) is 3.54. The number of H-pyrrole nitrogens is 1. The van der Waals surface area contributed by atoms with E-state index in [1.807, 2.05) is 6.07 Å². The number of rotatable bonds is 5. The number of carboxylic acids is 1. The highest BCUT2D eigenvalue weighted by Crippen LogP contribution is 2.31. The number of nitrogens with zero attached hydrogens (tertiary/aromatic N) is 2. The van der Waals surface area contributed by atoms with Crippen molar-refractivity contribution in [1.29, 1.82) is 5.26 Å². The number of nitriles is 1. The topological polar surface area (TPSA) is 89.8 Å². The zero-order valence-corrected chi connectivity index (χ0v) is 12.6. The van der Waals surface area contributed by atoms with Crippen molar-refractivity contribution in [2.75, 3.05) is 0 Å². The molecule has 0 aliphatic rings. The van der Waals surface area contributed by atoms with E-state index in [1.165, 1.54) is 6.20 Å². The molecule has 0 aliphatic carbocycles. The highest BCUT2D eigenvalue weighted by atomic mass is 32.2. The van der Waals surface area contributed by atoms with Gasteiger partial charge in [0, 0.05) is 21.9 Å². The number of aromatic amines is 1. The molecule has 1 aromatic carbocycles. The van der Waals surface area contributed by atoms with Gasteiger partial charge >= 0.3 is 5.97 Å². The fraction of sp³-hybridized carbons (Fsp3) is 0.267. The van der Waals surface area contributed by atoms with Crippen molar-refractivity contribution in [2.24, 2.45) is 0 Å². The lowest BCUT2D eigenvalue weighted by molar-refractivity contribution is 0.0698. The first-order valence-corrected chi connectivity index (χ1v) is 7.43. The van der Waals surface area contributed by atoms with E-state index in [1.54, 1.807) is 23.9 Å². The molecule has 0 saturated heterocycles. The average Bonchev–Trinajstić information content (AvgIpc) is 2.96. The summed E-state index contributed by atoms with van der Waals surface area (Å²) in [5.74, 6) is -1.07. The average molecular weight is 301 g/mol. The molecule has 1 atom stereocenters. The molecule has 0 aliphatic heterocycles. The van der Waals surface area contributed by atoms with Gasteiger partial charge in [0.1, 0.15) is 11.3 Å². The third-order valence-corrected chi connectivity index (χ3v) is 4.41. The maximum atomic E-state index is 11.2. The molecule has 21 heavy (non-hydrogen) atoms. The molecule has 0 spiro atoms. The molecule has 1 heterocycles. The minimum atomic E-state index is -1.07. The Kier molecular flexibility index (Phi) is 4.66. The lowest BCUT2D eigenvalue weighted by Gasteiger charge is -2.10. The van der Waals surface area contributed by atoms with Gasteiger partial charge in [-0.1, -0.05) is 19.9 Å². The standard InChI is InChI=1S/C15H15N3O2S/c1-3-9(2)21-11-4-5-12(10(6-11)7-16)14-13(15(19)20)8-17-18-14/h4-6,8-9H,3H2,1-2H3,(H,17,18)(H,19,20). The number of carboxylic acid groups (broad SMARTS) is 1. The molecule has 5 nitrogen and oxygen atoms in total. The van der Waals surface area contributed by atoms with Gasteiger partial charge in [0.2, 0.25) is 0 Å². The molecule has 0 saturated carbocycles. The number of aromatic nitrogens is 2. The molecule has 2 rings (SSSR count). The summed E-state index contributed by atoms with van der Waals surface area (Å²) in [6, 6.07) is 7.56. The van der Waals surface area contributed by atoms with Gasteiger partial charge in [-0.2, -0.15) is 10.4 Å². The van der Waals surface area contributed by atoms with E-state index < -0.39 is 5.97 Å². The molecule has 0 fully saturated rings.